The average Bonchev–Trinajstić information content (AvgIpc) is 2.35. The van der Waals surface area contributed by atoms with Gasteiger partial charge in [0.25, 0.3) is 0 Å². The molecule has 0 spiro atoms. The van der Waals surface area contributed by atoms with E-state index in [2.05, 4.69) is 15.9 Å². The van der Waals surface area contributed by atoms with Gasteiger partial charge in [-0.3, -0.25) is 0 Å². The monoisotopic (exact) mass is 325 g/mol. The molecular formula is C13H6BrF2NS. The Hall–Kier alpha value is -1.38. The van der Waals surface area contributed by atoms with Crippen molar-refractivity contribution >= 4 is 27.7 Å². The molecule has 0 radical (unpaired) electrons. The summed E-state index contributed by atoms with van der Waals surface area (Å²) in [7, 11) is 0. The van der Waals surface area contributed by atoms with Crippen molar-refractivity contribution in [3.05, 3.63) is 58.1 Å². The van der Waals surface area contributed by atoms with E-state index in [0.29, 0.717) is 9.79 Å². The third-order valence-corrected chi connectivity index (χ3v) is 3.99. The molecule has 5 heteroatoms. The summed E-state index contributed by atoms with van der Waals surface area (Å²) in [6.45, 7) is 0. The minimum Gasteiger partial charge on any atom is -0.207 e. The zero-order valence-electron chi connectivity index (χ0n) is 8.95. The highest BCUT2D eigenvalue weighted by molar-refractivity contribution is 9.10. The van der Waals surface area contributed by atoms with Crippen LogP contribution in [0.2, 0.25) is 0 Å². The second kappa shape index (κ2) is 5.51. The first-order valence-corrected chi connectivity index (χ1v) is 6.54. The Morgan fingerprint density at radius 3 is 2.61 bits per heavy atom. The van der Waals surface area contributed by atoms with Crippen LogP contribution in [0, 0.1) is 23.0 Å². The van der Waals surface area contributed by atoms with Gasteiger partial charge in [-0.15, -0.1) is 0 Å². The number of nitrogens with zero attached hydrogens (tertiary/aromatic N) is 1. The Kier molecular flexibility index (Phi) is 4.00. The lowest BCUT2D eigenvalue weighted by Gasteiger charge is -2.05. The highest BCUT2D eigenvalue weighted by atomic mass is 79.9. The van der Waals surface area contributed by atoms with Gasteiger partial charge < -0.3 is 0 Å². The van der Waals surface area contributed by atoms with Crippen LogP contribution in [0.15, 0.2) is 50.7 Å². The molecule has 0 aromatic heterocycles. The lowest BCUT2D eigenvalue weighted by atomic mass is 10.2. The summed E-state index contributed by atoms with van der Waals surface area (Å²) in [5.74, 6) is -0.878. The molecule has 1 nitrogen and oxygen atoms in total. The minimum atomic E-state index is -0.511. The van der Waals surface area contributed by atoms with Crippen LogP contribution in [0.3, 0.4) is 0 Å². The Labute approximate surface area is 116 Å². The Bertz CT molecular complexity index is 637. The number of rotatable bonds is 2. The lowest BCUT2D eigenvalue weighted by Crippen LogP contribution is -1.88. The number of benzene rings is 2. The van der Waals surface area contributed by atoms with Crippen LogP contribution < -0.4 is 0 Å². The highest BCUT2D eigenvalue weighted by Crippen LogP contribution is 2.34. The van der Waals surface area contributed by atoms with E-state index in [1.807, 2.05) is 6.07 Å². The second-order valence-corrected chi connectivity index (χ2v) is 5.32. The quantitative estimate of drug-likeness (QED) is 0.795. The van der Waals surface area contributed by atoms with Gasteiger partial charge in [-0.25, -0.2) is 8.78 Å². The van der Waals surface area contributed by atoms with Crippen LogP contribution in [-0.2, 0) is 0 Å². The fraction of sp³-hybridized carbons (Fsp3) is 0. The minimum absolute atomic E-state index is 0.131. The normalized spacial score (nSPS) is 10.1. The van der Waals surface area contributed by atoms with Crippen molar-refractivity contribution in [2.45, 2.75) is 9.79 Å². The van der Waals surface area contributed by atoms with E-state index in [-0.39, 0.29) is 15.9 Å². The molecule has 2 aromatic carbocycles. The van der Waals surface area contributed by atoms with Crippen molar-refractivity contribution in [1.29, 1.82) is 5.26 Å². The predicted octanol–water partition coefficient (Wildman–Crippen LogP) is 4.75. The fourth-order valence-corrected chi connectivity index (χ4v) is 2.82. The second-order valence-electron chi connectivity index (χ2n) is 3.41. The third-order valence-electron chi connectivity index (χ3n) is 2.19. The topological polar surface area (TPSA) is 23.8 Å². The molecule has 0 aliphatic heterocycles. The molecular weight excluding hydrogens is 320 g/mol. The fourth-order valence-electron chi connectivity index (χ4n) is 1.35. The van der Waals surface area contributed by atoms with Gasteiger partial charge in [0.2, 0.25) is 0 Å². The Morgan fingerprint density at radius 2 is 1.94 bits per heavy atom. The zero-order chi connectivity index (χ0) is 13.1. The summed E-state index contributed by atoms with van der Waals surface area (Å²) in [5, 5.41) is 8.76. The van der Waals surface area contributed by atoms with Gasteiger partial charge in [0.15, 0.2) is 5.82 Å². The van der Waals surface area contributed by atoms with E-state index >= 15 is 0 Å². The third kappa shape index (κ3) is 2.71. The molecule has 2 rings (SSSR count). The average molecular weight is 326 g/mol. The van der Waals surface area contributed by atoms with Crippen molar-refractivity contribution in [1.82, 2.24) is 0 Å². The maximum Gasteiger partial charge on any atom is 0.152 e. The molecule has 2 aromatic rings. The van der Waals surface area contributed by atoms with Crippen LogP contribution in [0.5, 0.6) is 0 Å². The Balaban J connectivity index is 2.36. The summed E-state index contributed by atoms with van der Waals surface area (Å²) in [6.07, 6.45) is 0. The number of hydrogen-bond donors (Lipinski definition) is 0. The number of nitriles is 1. The predicted molar refractivity (Wildman–Crippen MR) is 69.3 cm³/mol. The summed E-state index contributed by atoms with van der Waals surface area (Å²) in [6, 6.07) is 10.8. The van der Waals surface area contributed by atoms with E-state index in [9.17, 15) is 8.78 Å². The molecule has 0 N–H and O–H groups in total. The van der Waals surface area contributed by atoms with E-state index in [4.69, 9.17) is 5.26 Å². The van der Waals surface area contributed by atoms with E-state index in [1.165, 1.54) is 24.3 Å². The van der Waals surface area contributed by atoms with Gasteiger partial charge >= 0.3 is 0 Å². The molecule has 0 amide bonds. The van der Waals surface area contributed by atoms with Crippen LogP contribution >= 0.6 is 27.7 Å². The molecule has 90 valence electrons. The molecule has 0 bridgehead atoms. The number of hydrogen-bond acceptors (Lipinski definition) is 2. The molecule has 0 atom stereocenters. The van der Waals surface area contributed by atoms with Gasteiger partial charge in [0, 0.05) is 9.79 Å². The van der Waals surface area contributed by atoms with Crippen molar-refractivity contribution in [2.75, 3.05) is 0 Å². The van der Waals surface area contributed by atoms with Crippen molar-refractivity contribution < 1.29 is 8.78 Å². The summed E-state index contributed by atoms with van der Waals surface area (Å²) in [5.41, 5.74) is 0.232. The van der Waals surface area contributed by atoms with Crippen molar-refractivity contribution in [3.8, 4) is 6.07 Å². The highest BCUT2D eigenvalue weighted by Gasteiger charge is 2.12. The van der Waals surface area contributed by atoms with Gasteiger partial charge in [0.05, 0.1) is 10.0 Å². The summed E-state index contributed by atoms with van der Waals surface area (Å²) in [4.78, 5) is 0.942. The SMILES string of the molecule is N#Cc1ccc(Sc2cccc(F)c2)c(F)c1Br. The van der Waals surface area contributed by atoms with Crippen molar-refractivity contribution in [3.63, 3.8) is 0 Å². The molecule has 0 aliphatic carbocycles. The first kappa shape index (κ1) is 13.1. The van der Waals surface area contributed by atoms with Gasteiger partial charge in [-0.05, 0) is 46.3 Å². The molecule has 0 fully saturated rings. The molecule has 18 heavy (non-hydrogen) atoms. The first-order valence-electron chi connectivity index (χ1n) is 4.93. The lowest BCUT2D eigenvalue weighted by molar-refractivity contribution is 0.594. The molecule has 0 aliphatic rings. The zero-order valence-corrected chi connectivity index (χ0v) is 11.4. The van der Waals surface area contributed by atoms with Gasteiger partial charge in [-0.1, -0.05) is 17.8 Å². The summed E-state index contributed by atoms with van der Waals surface area (Å²) >= 11 is 4.14. The van der Waals surface area contributed by atoms with Crippen molar-refractivity contribution in [2.24, 2.45) is 0 Å². The molecule has 0 unspecified atom stereocenters. The first-order chi connectivity index (χ1) is 8.61. The molecule has 0 saturated heterocycles. The van der Waals surface area contributed by atoms with Gasteiger partial charge in [0.1, 0.15) is 11.9 Å². The van der Waals surface area contributed by atoms with E-state index in [1.54, 1.807) is 12.1 Å². The summed E-state index contributed by atoms with van der Waals surface area (Å²) < 4.78 is 27.1. The smallest absolute Gasteiger partial charge is 0.152 e. The molecule has 0 heterocycles. The van der Waals surface area contributed by atoms with Gasteiger partial charge in [-0.2, -0.15) is 5.26 Å². The Morgan fingerprint density at radius 1 is 1.17 bits per heavy atom. The van der Waals surface area contributed by atoms with Crippen LogP contribution in [0.1, 0.15) is 5.56 Å². The van der Waals surface area contributed by atoms with Crippen LogP contribution in [-0.4, -0.2) is 0 Å². The van der Waals surface area contributed by atoms with Crippen LogP contribution in [0.25, 0.3) is 0 Å². The number of halogens is 3. The molecule has 0 saturated carbocycles. The van der Waals surface area contributed by atoms with E-state index in [0.717, 1.165) is 11.8 Å². The standard InChI is InChI=1S/C13H6BrF2NS/c14-12-8(7-17)4-5-11(13(12)16)18-10-3-1-2-9(15)6-10/h1-6H. The maximum absolute atomic E-state index is 13.9. The van der Waals surface area contributed by atoms with E-state index < -0.39 is 5.82 Å². The largest absolute Gasteiger partial charge is 0.207 e. The maximum atomic E-state index is 13.9. The van der Waals surface area contributed by atoms with Crippen LogP contribution in [0.4, 0.5) is 8.78 Å².